The number of nitrogens with one attached hydrogen (secondary N) is 2. The summed E-state index contributed by atoms with van der Waals surface area (Å²) in [6.45, 7) is 0.541. The Labute approximate surface area is 191 Å². The van der Waals surface area contributed by atoms with Crippen molar-refractivity contribution in [1.82, 2.24) is 4.98 Å². The van der Waals surface area contributed by atoms with Crippen molar-refractivity contribution < 1.29 is 14.3 Å². The van der Waals surface area contributed by atoms with E-state index in [2.05, 4.69) is 22.4 Å². The van der Waals surface area contributed by atoms with E-state index in [0.29, 0.717) is 28.8 Å². The Balaban J connectivity index is 1.17. The number of hydrogen-bond acceptors (Lipinski definition) is 3. The van der Waals surface area contributed by atoms with Crippen molar-refractivity contribution in [2.45, 2.75) is 38.2 Å². The topological polar surface area (TPSA) is 63.4 Å². The third kappa shape index (κ3) is 5.96. The number of hydrogen-bond donors (Lipinski definition) is 2. The summed E-state index contributed by atoms with van der Waals surface area (Å²) in [5.41, 5.74) is 2.95. The molecule has 31 heavy (non-hydrogen) atoms. The molecule has 0 aliphatic carbocycles. The fraction of sp³-hybridized carbons (Fsp3) is 0.292. The minimum Gasteiger partial charge on any atom is -0.486 e. The maximum absolute atomic E-state index is 12.1. The van der Waals surface area contributed by atoms with Crippen LogP contribution in [0.2, 0.25) is 10.0 Å². The number of carbonyl (C=O) groups is 1. The van der Waals surface area contributed by atoms with Gasteiger partial charge in [0.05, 0.1) is 10.0 Å². The van der Waals surface area contributed by atoms with Gasteiger partial charge in [0.25, 0.3) is 0 Å². The van der Waals surface area contributed by atoms with Crippen LogP contribution in [0.15, 0.2) is 54.6 Å². The molecule has 162 valence electrons. The molecule has 1 aromatic heterocycles. The molecule has 1 atom stereocenters. The molecule has 2 aromatic carbocycles. The normalized spacial score (nSPS) is 15.0. The van der Waals surface area contributed by atoms with Gasteiger partial charge >= 0.3 is 0 Å². The van der Waals surface area contributed by atoms with Crippen LogP contribution in [0.25, 0.3) is 0 Å². The number of benzene rings is 2. The van der Waals surface area contributed by atoms with Crippen LogP contribution in [0.3, 0.4) is 0 Å². The molecule has 4 rings (SSSR count). The third-order valence-corrected chi connectivity index (χ3v) is 5.86. The van der Waals surface area contributed by atoms with Gasteiger partial charge in [-0.1, -0.05) is 35.3 Å². The van der Waals surface area contributed by atoms with E-state index >= 15 is 0 Å². The molecular formula is C24H24Cl2N2O3. The van der Waals surface area contributed by atoms with E-state index in [0.717, 1.165) is 48.6 Å². The SMILES string of the molecule is O=C(CCCCc1ccc(CC2COc3ccccc3O2)[nH]1)Nc1ccc(Cl)c(Cl)c1. The van der Waals surface area contributed by atoms with Gasteiger partial charge in [0.15, 0.2) is 11.5 Å². The quantitative estimate of drug-likeness (QED) is 0.403. The van der Waals surface area contributed by atoms with Crippen molar-refractivity contribution in [3.05, 3.63) is 76.0 Å². The van der Waals surface area contributed by atoms with E-state index in [9.17, 15) is 4.79 Å². The molecule has 1 amide bonds. The molecule has 1 unspecified atom stereocenters. The summed E-state index contributed by atoms with van der Waals surface area (Å²) in [6.07, 6.45) is 3.83. The number of fused-ring (bicyclic) bond motifs is 1. The van der Waals surface area contributed by atoms with Crippen LogP contribution in [-0.2, 0) is 17.6 Å². The molecule has 7 heteroatoms. The number of aryl methyl sites for hydroxylation is 1. The zero-order valence-corrected chi connectivity index (χ0v) is 18.5. The number of anilines is 1. The van der Waals surface area contributed by atoms with E-state index in [1.807, 2.05) is 24.3 Å². The molecule has 0 radical (unpaired) electrons. The van der Waals surface area contributed by atoms with Gasteiger partial charge in [-0.05, 0) is 61.7 Å². The molecule has 0 bridgehead atoms. The number of unbranched alkanes of at least 4 members (excludes halogenated alkanes) is 1. The number of aromatic amines is 1. The fourth-order valence-electron chi connectivity index (χ4n) is 3.56. The number of H-pyrrole nitrogens is 1. The second-order valence-corrected chi connectivity index (χ2v) is 8.41. The minimum atomic E-state index is -0.0275. The second kappa shape index (κ2) is 10.1. The van der Waals surface area contributed by atoms with Gasteiger partial charge in [0.1, 0.15) is 12.7 Å². The van der Waals surface area contributed by atoms with Crippen molar-refractivity contribution in [2.75, 3.05) is 11.9 Å². The maximum atomic E-state index is 12.1. The molecule has 0 spiro atoms. The van der Waals surface area contributed by atoms with Crippen LogP contribution < -0.4 is 14.8 Å². The van der Waals surface area contributed by atoms with E-state index < -0.39 is 0 Å². The minimum absolute atomic E-state index is 0.00790. The summed E-state index contributed by atoms with van der Waals surface area (Å²) >= 11 is 11.9. The number of ether oxygens (including phenoxy) is 2. The Bertz CT molecular complexity index is 1050. The lowest BCUT2D eigenvalue weighted by Gasteiger charge is -2.26. The van der Waals surface area contributed by atoms with Crippen molar-refractivity contribution in [1.29, 1.82) is 0 Å². The average Bonchev–Trinajstić information content (AvgIpc) is 3.21. The van der Waals surface area contributed by atoms with E-state index in [-0.39, 0.29) is 12.0 Å². The smallest absolute Gasteiger partial charge is 0.224 e. The largest absolute Gasteiger partial charge is 0.486 e. The number of amides is 1. The molecule has 2 heterocycles. The van der Waals surface area contributed by atoms with E-state index in [1.165, 1.54) is 0 Å². The van der Waals surface area contributed by atoms with Crippen LogP contribution in [0.1, 0.15) is 30.7 Å². The van der Waals surface area contributed by atoms with Crippen molar-refractivity contribution in [3.63, 3.8) is 0 Å². The lowest BCUT2D eigenvalue weighted by atomic mass is 10.1. The summed E-state index contributed by atoms with van der Waals surface area (Å²) in [4.78, 5) is 15.6. The Hall–Kier alpha value is -2.63. The van der Waals surface area contributed by atoms with Crippen LogP contribution in [0, 0.1) is 0 Å². The van der Waals surface area contributed by atoms with Crippen molar-refractivity contribution in [3.8, 4) is 11.5 Å². The highest BCUT2D eigenvalue weighted by Gasteiger charge is 2.21. The first kappa shape index (κ1) is 21.6. The molecular weight excluding hydrogens is 435 g/mol. The second-order valence-electron chi connectivity index (χ2n) is 7.59. The average molecular weight is 459 g/mol. The monoisotopic (exact) mass is 458 g/mol. The third-order valence-electron chi connectivity index (χ3n) is 5.13. The molecule has 0 saturated carbocycles. The highest BCUT2D eigenvalue weighted by Crippen LogP contribution is 2.31. The zero-order valence-electron chi connectivity index (χ0n) is 17.0. The first-order chi connectivity index (χ1) is 15.1. The van der Waals surface area contributed by atoms with Crippen LogP contribution in [0.5, 0.6) is 11.5 Å². The lowest BCUT2D eigenvalue weighted by molar-refractivity contribution is -0.116. The molecule has 0 saturated heterocycles. The van der Waals surface area contributed by atoms with Crippen LogP contribution in [-0.4, -0.2) is 23.6 Å². The van der Waals surface area contributed by atoms with E-state index in [4.69, 9.17) is 32.7 Å². The van der Waals surface area contributed by atoms with Gasteiger partial charge in [-0.25, -0.2) is 0 Å². The lowest BCUT2D eigenvalue weighted by Crippen LogP contribution is -2.31. The summed E-state index contributed by atoms with van der Waals surface area (Å²) in [5, 5.41) is 3.75. The molecule has 3 aromatic rings. The van der Waals surface area contributed by atoms with Gasteiger partial charge in [-0.15, -0.1) is 0 Å². The first-order valence-electron chi connectivity index (χ1n) is 10.4. The predicted molar refractivity (Wildman–Crippen MR) is 123 cm³/mol. The summed E-state index contributed by atoms with van der Waals surface area (Å²) in [6, 6.07) is 17.0. The van der Waals surface area contributed by atoms with Gasteiger partial charge in [-0.3, -0.25) is 4.79 Å². The van der Waals surface area contributed by atoms with Gasteiger partial charge < -0.3 is 19.8 Å². The first-order valence-corrected chi connectivity index (χ1v) is 11.1. The van der Waals surface area contributed by atoms with Gasteiger partial charge in [0.2, 0.25) is 5.91 Å². The highest BCUT2D eigenvalue weighted by atomic mass is 35.5. The number of para-hydroxylation sites is 2. The molecule has 2 N–H and O–H groups in total. The Morgan fingerprint density at radius 3 is 2.65 bits per heavy atom. The van der Waals surface area contributed by atoms with Crippen LogP contribution in [0.4, 0.5) is 5.69 Å². The Morgan fingerprint density at radius 1 is 1.00 bits per heavy atom. The molecule has 0 fully saturated rings. The number of aromatic nitrogens is 1. The van der Waals surface area contributed by atoms with Crippen LogP contribution >= 0.6 is 23.2 Å². The molecule has 5 nitrogen and oxygen atoms in total. The number of carbonyl (C=O) groups excluding carboxylic acids is 1. The Morgan fingerprint density at radius 2 is 1.81 bits per heavy atom. The summed E-state index contributed by atoms with van der Waals surface area (Å²) in [7, 11) is 0. The highest BCUT2D eigenvalue weighted by molar-refractivity contribution is 6.42. The van der Waals surface area contributed by atoms with Crippen molar-refractivity contribution in [2.24, 2.45) is 0 Å². The molecule has 1 aliphatic rings. The Kier molecular flexibility index (Phi) is 7.05. The maximum Gasteiger partial charge on any atom is 0.224 e. The summed E-state index contributed by atoms with van der Waals surface area (Å²) < 4.78 is 11.8. The number of rotatable bonds is 8. The number of halogens is 2. The zero-order chi connectivity index (χ0) is 21.6. The van der Waals surface area contributed by atoms with E-state index in [1.54, 1.807) is 18.2 Å². The fourth-order valence-corrected chi connectivity index (χ4v) is 3.86. The summed E-state index contributed by atoms with van der Waals surface area (Å²) in [5.74, 6) is 1.57. The van der Waals surface area contributed by atoms with Gasteiger partial charge in [-0.2, -0.15) is 0 Å². The van der Waals surface area contributed by atoms with Gasteiger partial charge in [0, 0.05) is 29.9 Å². The predicted octanol–water partition coefficient (Wildman–Crippen LogP) is 6.06. The standard InChI is InChI=1S/C24H24Cl2N2O3/c25-20-12-11-18(14-21(20)26)28-24(29)8-4-1-5-16-9-10-17(27-16)13-19-15-30-22-6-2-3-7-23(22)31-19/h2-3,6-7,9-12,14,19,27H,1,4-5,8,13,15H2,(H,28,29). The molecule has 1 aliphatic heterocycles. The van der Waals surface area contributed by atoms with Crippen molar-refractivity contribution >= 4 is 34.8 Å².